The molecular weight excluding hydrogens is 222 g/mol. The Kier molecular flexibility index (Phi) is 5.08. The van der Waals surface area contributed by atoms with Crippen LogP contribution < -0.4 is 0 Å². The van der Waals surface area contributed by atoms with Crippen LogP contribution in [0.4, 0.5) is 0 Å². The van der Waals surface area contributed by atoms with E-state index in [-0.39, 0.29) is 11.6 Å². The summed E-state index contributed by atoms with van der Waals surface area (Å²) in [5, 5.41) is 10.8. The summed E-state index contributed by atoms with van der Waals surface area (Å²) in [7, 11) is 0. The Morgan fingerprint density at radius 1 is 0.944 bits per heavy atom. The predicted molar refractivity (Wildman–Crippen MR) is 76.7 cm³/mol. The normalized spacial score (nSPS) is 26.7. The highest BCUT2D eigenvalue weighted by molar-refractivity contribution is 5.01. The number of aliphatic hydroxyl groups excluding tert-OH is 1. The minimum atomic E-state index is -0.0968. The van der Waals surface area contributed by atoms with Crippen molar-refractivity contribution in [3.63, 3.8) is 0 Å². The first-order chi connectivity index (χ1) is 8.65. The molecular formula is C16H31NO. The quantitative estimate of drug-likeness (QED) is 0.809. The smallest absolute Gasteiger partial charge is 0.0723 e. The molecule has 2 rings (SSSR count). The van der Waals surface area contributed by atoms with Gasteiger partial charge in [0, 0.05) is 5.54 Å². The Balaban J connectivity index is 2.00. The standard InChI is InChI=1S/C16H31NO/c1-14(2)8-9-15(18)16(10-4-5-11-16)17-12-6-3-7-13-17/h14-15,18H,3-13H2,1-2H3. The second-order valence-corrected chi connectivity index (χ2v) is 6.85. The van der Waals surface area contributed by atoms with E-state index in [1.165, 1.54) is 58.0 Å². The van der Waals surface area contributed by atoms with Gasteiger partial charge in [-0.2, -0.15) is 0 Å². The van der Waals surface area contributed by atoms with Crippen LogP contribution in [0.5, 0.6) is 0 Å². The zero-order valence-electron chi connectivity index (χ0n) is 12.3. The summed E-state index contributed by atoms with van der Waals surface area (Å²) in [5.41, 5.74) is 0.148. The Morgan fingerprint density at radius 2 is 1.56 bits per heavy atom. The molecule has 0 aromatic heterocycles. The van der Waals surface area contributed by atoms with Gasteiger partial charge in [-0.25, -0.2) is 0 Å². The molecule has 0 aromatic rings. The molecule has 1 heterocycles. The summed E-state index contributed by atoms with van der Waals surface area (Å²) in [6.45, 7) is 6.96. The fraction of sp³-hybridized carbons (Fsp3) is 1.00. The molecule has 1 saturated heterocycles. The molecule has 0 aromatic carbocycles. The number of piperidine rings is 1. The monoisotopic (exact) mass is 253 g/mol. The first kappa shape index (κ1) is 14.3. The Hall–Kier alpha value is -0.0800. The highest BCUT2D eigenvalue weighted by atomic mass is 16.3. The van der Waals surface area contributed by atoms with Gasteiger partial charge in [0.1, 0.15) is 0 Å². The topological polar surface area (TPSA) is 23.5 Å². The third kappa shape index (κ3) is 3.08. The molecule has 1 unspecified atom stereocenters. The number of aliphatic hydroxyl groups is 1. The van der Waals surface area contributed by atoms with Crippen LogP contribution in [0.1, 0.15) is 71.6 Å². The maximum atomic E-state index is 10.8. The van der Waals surface area contributed by atoms with E-state index in [9.17, 15) is 5.11 Å². The average Bonchev–Trinajstić information content (AvgIpc) is 2.87. The van der Waals surface area contributed by atoms with Crippen LogP contribution in [-0.2, 0) is 0 Å². The van der Waals surface area contributed by atoms with Crippen LogP contribution in [0.25, 0.3) is 0 Å². The van der Waals surface area contributed by atoms with Crippen LogP contribution in [0.2, 0.25) is 0 Å². The summed E-state index contributed by atoms with van der Waals surface area (Å²) in [5.74, 6) is 0.708. The molecule has 1 aliphatic heterocycles. The second kappa shape index (κ2) is 6.38. The third-order valence-electron chi connectivity index (χ3n) is 5.09. The van der Waals surface area contributed by atoms with Crippen LogP contribution in [0.3, 0.4) is 0 Å². The van der Waals surface area contributed by atoms with Gasteiger partial charge in [0.25, 0.3) is 0 Å². The summed E-state index contributed by atoms with van der Waals surface area (Å²) in [6.07, 6.45) is 11.2. The molecule has 2 aliphatic rings. The van der Waals surface area contributed by atoms with Crippen LogP contribution in [0, 0.1) is 5.92 Å². The lowest BCUT2D eigenvalue weighted by Gasteiger charge is -2.46. The minimum absolute atomic E-state index is 0.0968. The van der Waals surface area contributed by atoms with Crippen molar-refractivity contribution < 1.29 is 5.11 Å². The van der Waals surface area contributed by atoms with Gasteiger partial charge in [0.15, 0.2) is 0 Å². The summed E-state index contributed by atoms with van der Waals surface area (Å²) >= 11 is 0. The van der Waals surface area contributed by atoms with Crippen molar-refractivity contribution in [1.82, 2.24) is 4.90 Å². The number of nitrogens with zero attached hydrogens (tertiary/aromatic N) is 1. The van der Waals surface area contributed by atoms with E-state index < -0.39 is 0 Å². The molecule has 106 valence electrons. The van der Waals surface area contributed by atoms with Gasteiger partial charge in [-0.05, 0) is 57.5 Å². The SMILES string of the molecule is CC(C)CCC(O)C1(N2CCCCC2)CCCC1. The second-order valence-electron chi connectivity index (χ2n) is 6.85. The van der Waals surface area contributed by atoms with Crippen molar-refractivity contribution in [3.8, 4) is 0 Å². The zero-order valence-corrected chi connectivity index (χ0v) is 12.3. The molecule has 1 atom stereocenters. The molecule has 2 heteroatoms. The fourth-order valence-corrected chi connectivity index (χ4v) is 3.95. The third-order valence-corrected chi connectivity index (χ3v) is 5.09. The van der Waals surface area contributed by atoms with Crippen LogP contribution >= 0.6 is 0 Å². The van der Waals surface area contributed by atoms with Gasteiger partial charge < -0.3 is 5.11 Å². The summed E-state index contributed by atoms with van der Waals surface area (Å²) < 4.78 is 0. The molecule has 0 bridgehead atoms. The first-order valence-electron chi connectivity index (χ1n) is 8.08. The van der Waals surface area contributed by atoms with Crippen molar-refractivity contribution in [2.45, 2.75) is 83.3 Å². The van der Waals surface area contributed by atoms with Crippen molar-refractivity contribution in [2.75, 3.05) is 13.1 Å². The zero-order chi connectivity index (χ0) is 13.0. The van der Waals surface area contributed by atoms with Crippen molar-refractivity contribution in [3.05, 3.63) is 0 Å². The Morgan fingerprint density at radius 3 is 2.11 bits per heavy atom. The molecule has 0 amide bonds. The van der Waals surface area contributed by atoms with Gasteiger partial charge in [-0.3, -0.25) is 4.90 Å². The molecule has 2 nitrogen and oxygen atoms in total. The molecule has 1 saturated carbocycles. The minimum Gasteiger partial charge on any atom is -0.391 e. The van der Waals surface area contributed by atoms with Crippen LogP contribution in [-0.4, -0.2) is 34.7 Å². The van der Waals surface area contributed by atoms with Gasteiger partial charge in [0.2, 0.25) is 0 Å². The molecule has 0 radical (unpaired) electrons. The van der Waals surface area contributed by atoms with Gasteiger partial charge in [-0.1, -0.05) is 33.1 Å². The molecule has 0 spiro atoms. The van der Waals surface area contributed by atoms with E-state index in [1.54, 1.807) is 0 Å². The maximum Gasteiger partial charge on any atom is 0.0723 e. The van der Waals surface area contributed by atoms with Crippen molar-refractivity contribution >= 4 is 0 Å². The molecule has 1 aliphatic carbocycles. The lowest BCUT2D eigenvalue weighted by Crippen LogP contribution is -2.56. The number of likely N-dealkylation sites (tertiary alicyclic amines) is 1. The van der Waals surface area contributed by atoms with E-state index in [4.69, 9.17) is 0 Å². The van der Waals surface area contributed by atoms with Crippen LogP contribution in [0.15, 0.2) is 0 Å². The van der Waals surface area contributed by atoms with E-state index in [0.29, 0.717) is 5.92 Å². The number of hydrogen-bond acceptors (Lipinski definition) is 2. The maximum absolute atomic E-state index is 10.8. The van der Waals surface area contributed by atoms with E-state index in [1.807, 2.05) is 0 Å². The number of rotatable bonds is 5. The highest BCUT2D eigenvalue weighted by Gasteiger charge is 2.45. The van der Waals surface area contributed by atoms with Gasteiger partial charge in [0.05, 0.1) is 6.10 Å². The van der Waals surface area contributed by atoms with Gasteiger partial charge >= 0.3 is 0 Å². The Labute approximate surface area is 113 Å². The van der Waals surface area contributed by atoms with Crippen molar-refractivity contribution in [1.29, 1.82) is 0 Å². The average molecular weight is 253 g/mol. The van der Waals surface area contributed by atoms with E-state index in [0.717, 1.165) is 12.8 Å². The van der Waals surface area contributed by atoms with Crippen molar-refractivity contribution in [2.24, 2.45) is 5.92 Å². The Bertz CT molecular complexity index is 239. The summed E-state index contributed by atoms with van der Waals surface area (Å²) in [4.78, 5) is 2.65. The summed E-state index contributed by atoms with van der Waals surface area (Å²) in [6, 6.07) is 0. The highest BCUT2D eigenvalue weighted by Crippen LogP contribution is 2.41. The molecule has 18 heavy (non-hydrogen) atoms. The van der Waals surface area contributed by atoms with E-state index >= 15 is 0 Å². The number of hydrogen-bond donors (Lipinski definition) is 1. The lowest BCUT2D eigenvalue weighted by molar-refractivity contribution is -0.0440. The predicted octanol–water partition coefficient (Wildman–Crippen LogP) is 3.58. The van der Waals surface area contributed by atoms with Gasteiger partial charge in [-0.15, -0.1) is 0 Å². The first-order valence-corrected chi connectivity index (χ1v) is 8.08. The largest absolute Gasteiger partial charge is 0.391 e. The molecule has 2 fully saturated rings. The van der Waals surface area contributed by atoms with E-state index in [2.05, 4.69) is 18.7 Å². The fourth-order valence-electron chi connectivity index (χ4n) is 3.95. The molecule has 1 N–H and O–H groups in total. The lowest BCUT2D eigenvalue weighted by atomic mass is 9.83.